The summed E-state index contributed by atoms with van der Waals surface area (Å²) in [5.41, 5.74) is 2.38. The fourth-order valence-corrected chi connectivity index (χ4v) is 2.34. The molecule has 2 heterocycles. The third-order valence-corrected chi connectivity index (χ3v) is 4.35. The summed E-state index contributed by atoms with van der Waals surface area (Å²) in [6.45, 7) is 6.18. The number of hydrogen-bond acceptors (Lipinski definition) is 5. The minimum atomic E-state index is -0.813. The van der Waals surface area contributed by atoms with Gasteiger partial charge >= 0.3 is 5.97 Å². The minimum absolute atomic E-state index is 0.222. The second-order valence-electron chi connectivity index (χ2n) is 5.40. The first-order chi connectivity index (χ1) is 14.6. The van der Waals surface area contributed by atoms with E-state index in [9.17, 15) is 10.0 Å². The lowest BCUT2D eigenvalue weighted by atomic mass is 10.2. The molecule has 6 nitrogen and oxygen atoms in total. The lowest BCUT2D eigenvalue weighted by Crippen LogP contribution is -2.27. The molecule has 3 aromatic rings. The SMILES string of the molecule is Cc1ccc(Br)[n+]([O-])c1.Cc1ccc(Br)nc1.O=C(OO)c1cccc(Cl)c1.[2H]CC. The number of pyridine rings is 2. The van der Waals surface area contributed by atoms with Crippen molar-refractivity contribution in [2.45, 2.75) is 27.7 Å². The molecule has 0 radical (unpaired) electrons. The van der Waals surface area contributed by atoms with Gasteiger partial charge in [-0.25, -0.2) is 9.78 Å². The van der Waals surface area contributed by atoms with Crippen LogP contribution in [0, 0.1) is 19.1 Å². The number of nitrogens with zero attached hydrogens (tertiary/aromatic N) is 2. The van der Waals surface area contributed by atoms with Crippen molar-refractivity contribution in [3.63, 3.8) is 0 Å². The first-order valence-electron chi connectivity index (χ1n) is 9.19. The monoisotopic (exact) mass is 561 g/mol. The van der Waals surface area contributed by atoms with E-state index in [0.717, 1.165) is 14.9 Å². The Balaban J connectivity index is 0.000000414. The Kier molecular flexibility index (Phi) is 13.7. The normalized spacial score (nSPS) is 9.37. The second kappa shape index (κ2) is 15.8. The molecule has 1 N–H and O–H groups in total. The van der Waals surface area contributed by atoms with Crippen molar-refractivity contribution in [1.82, 2.24) is 4.98 Å². The Morgan fingerprint density at radius 2 is 1.83 bits per heavy atom. The lowest BCUT2D eigenvalue weighted by molar-refractivity contribution is -0.617. The molecule has 0 saturated heterocycles. The lowest BCUT2D eigenvalue weighted by Gasteiger charge is -1.97. The summed E-state index contributed by atoms with van der Waals surface area (Å²) < 4.78 is 8.44. The minimum Gasteiger partial charge on any atom is -0.618 e. The van der Waals surface area contributed by atoms with Gasteiger partial charge in [-0.1, -0.05) is 37.6 Å². The predicted molar refractivity (Wildman–Crippen MR) is 125 cm³/mol. The molecular formula is C21H23Br2ClN2O4. The van der Waals surface area contributed by atoms with Gasteiger partial charge < -0.3 is 5.21 Å². The standard InChI is InChI=1S/C7H5ClO3.C6H6BrNO.C6H6BrN.C2H6/c8-6-3-1-2-5(4-6)7(9)11-10;1-5-2-3-6(7)8(9)4-5;1-5-2-3-6(7)8-4-5;1-2/h1-4,10H;2-4H,1H3;2-4H,1H3;1-2H3/i;;;1D. The first-order valence-corrected chi connectivity index (χ1v) is 10.4. The zero-order valence-corrected chi connectivity index (χ0v) is 20.6. The Morgan fingerprint density at radius 1 is 1.20 bits per heavy atom. The van der Waals surface area contributed by atoms with Gasteiger partial charge in [0.05, 0.1) is 5.56 Å². The van der Waals surface area contributed by atoms with Gasteiger partial charge in [0.25, 0.3) is 4.60 Å². The van der Waals surface area contributed by atoms with Crippen molar-refractivity contribution in [3.05, 3.63) is 97.1 Å². The summed E-state index contributed by atoms with van der Waals surface area (Å²) in [5, 5.41) is 19.1. The fourth-order valence-electron chi connectivity index (χ4n) is 1.68. The number of aryl methyl sites for hydroxylation is 2. The van der Waals surface area contributed by atoms with Crippen LogP contribution in [0.2, 0.25) is 5.02 Å². The van der Waals surface area contributed by atoms with E-state index in [4.69, 9.17) is 18.2 Å². The molecule has 30 heavy (non-hydrogen) atoms. The molecule has 0 aliphatic heterocycles. The van der Waals surface area contributed by atoms with Crippen LogP contribution in [-0.2, 0) is 4.89 Å². The summed E-state index contributed by atoms with van der Waals surface area (Å²) in [4.78, 5) is 18.1. The number of aromatic nitrogens is 2. The van der Waals surface area contributed by atoms with E-state index < -0.39 is 5.97 Å². The van der Waals surface area contributed by atoms with E-state index in [2.05, 4.69) is 41.7 Å². The van der Waals surface area contributed by atoms with Crippen molar-refractivity contribution >= 4 is 49.4 Å². The van der Waals surface area contributed by atoms with E-state index in [0.29, 0.717) is 16.5 Å². The first kappa shape index (κ1) is 26.0. The molecule has 162 valence electrons. The Bertz CT molecular complexity index is 911. The molecule has 9 heteroatoms. The predicted octanol–water partition coefficient (Wildman–Crippen LogP) is 6.54. The zero-order chi connectivity index (χ0) is 23.8. The molecule has 0 bridgehead atoms. The van der Waals surface area contributed by atoms with Gasteiger partial charge in [0.2, 0.25) is 0 Å². The van der Waals surface area contributed by atoms with Gasteiger partial charge in [-0.2, -0.15) is 9.99 Å². The van der Waals surface area contributed by atoms with Gasteiger partial charge in [0.1, 0.15) is 4.60 Å². The highest BCUT2D eigenvalue weighted by atomic mass is 79.9. The molecule has 1 aromatic carbocycles. The van der Waals surface area contributed by atoms with Gasteiger partial charge in [-0.05, 0) is 65.7 Å². The summed E-state index contributed by atoms with van der Waals surface area (Å²) in [6, 6.07) is 13.6. The number of rotatable bonds is 1. The Hall–Kier alpha value is -2.00. The van der Waals surface area contributed by atoms with Gasteiger partial charge in [0.15, 0.2) is 6.20 Å². The maximum Gasteiger partial charge on any atom is 0.372 e. The van der Waals surface area contributed by atoms with E-state index in [1.807, 2.05) is 38.2 Å². The average Bonchev–Trinajstić information content (AvgIpc) is 2.74. The molecule has 0 saturated carbocycles. The third kappa shape index (κ3) is 11.9. The van der Waals surface area contributed by atoms with E-state index in [1.54, 1.807) is 25.1 Å². The fraction of sp³-hybridized carbons (Fsp3) is 0.190. The highest BCUT2D eigenvalue weighted by Crippen LogP contribution is 2.11. The van der Waals surface area contributed by atoms with Crippen LogP contribution >= 0.6 is 43.5 Å². The van der Waals surface area contributed by atoms with Crippen LogP contribution in [0.25, 0.3) is 0 Å². The van der Waals surface area contributed by atoms with Crippen molar-refractivity contribution in [1.29, 1.82) is 0 Å². The molecule has 0 spiro atoms. The van der Waals surface area contributed by atoms with Crippen LogP contribution in [0.4, 0.5) is 0 Å². The van der Waals surface area contributed by atoms with E-state index in [1.165, 1.54) is 23.9 Å². The van der Waals surface area contributed by atoms with Crippen molar-refractivity contribution < 1.29 is 21.0 Å². The van der Waals surface area contributed by atoms with E-state index in [-0.39, 0.29) is 5.56 Å². The van der Waals surface area contributed by atoms with Crippen LogP contribution in [0.15, 0.2) is 70.1 Å². The quantitative estimate of drug-likeness (QED) is 0.119. The van der Waals surface area contributed by atoms with Crippen LogP contribution in [-0.4, -0.2) is 16.2 Å². The molecule has 0 amide bonds. The van der Waals surface area contributed by atoms with Crippen LogP contribution in [0.1, 0.15) is 36.7 Å². The van der Waals surface area contributed by atoms with Crippen LogP contribution in [0.3, 0.4) is 0 Å². The van der Waals surface area contributed by atoms with Crippen molar-refractivity contribution in [3.8, 4) is 0 Å². The van der Waals surface area contributed by atoms with E-state index >= 15 is 0 Å². The molecule has 0 fully saturated rings. The topological polar surface area (TPSA) is 86.4 Å². The number of benzene rings is 1. The Morgan fingerprint density at radius 3 is 2.27 bits per heavy atom. The van der Waals surface area contributed by atoms with Crippen molar-refractivity contribution in [2.24, 2.45) is 0 Å². The molecule has 0 atom stereocenters. The maximum atomic E-state index is 10.7. The molecule has 0 aliphatic rings. The number of hydrogen-bond donors (Lipinski definition) is 1. The van der Waals surface area contributed by atoms with Crippen LogP contribution in [0.5, 0.6) is 0 Å². The summed E-state index contributed by atoms with van der Waals surface area (Å²) >= 11 is 11.9. The smallest absolute Gasteiger partial charge is 0.372 e. The maximum absolute atomic E-state index is 10.7. The summed E-state index contributed by atoms with van der Waals surface area (Å²) in [5.74, 6) is -0.813. The highest BCUT2D eigenvalue weighted by molar-refractivity contribution is 9.10. The van der Waals surface area contributed by atoms with Crippen molar-refractivity contribution in [2.75, 3.05) is 0 Å². The zero-order valence-electron chi connectivity index (χ0n) is 17.7. The molecule has 2 aromatic heterocycles. The third-order valence-electron chi connectivity index (χ3n) is 3.03. The summed E-state index contributed by atoms with van der Waals surface area (Å²) in [6.07, 6.45) is 3.34. The number of carbonyl (C=O) groups is 1. The van der Waals surface area contributed by atoms with Crippen LogP contribution < -0.4 is 4.73 Å². The largest absolute Gasteiger partial charge is 0.618 e. The molecule has 3 rings (SSSR count). The highest BCUT2D eigenvalue weighted by Gasteiger charge is 2.05. The Labute approximate surface area is 199 Å². The van der Waals surface area contributed by atoms with Gasteiger partial charge in [-0.15, -0.1) is 0 Å². The second-order valence-corrected chi connectivity index (χ2v) is 7.46. The molecular weight excluding hydrogens is 540 g/mol. The number of carbonyl (C=O) groups excluding carboxylic acids is 1. The summed E-state index contributed by atoms with van der Waals surface area (Å²) in [7, 11) is 0. The number of halogens is 3. The molecule has 0 unspecified atom stereocenters. The van der Waals surface area contributed by atoms with Gasteiger partial charge in [0, 0.05) is 40.1 Å². The molecule has 0 aliphatic carbocycles. The van der Waals surface area contributed by atoms with Gasteiger partial charge in [-0.3, -0.25) is 4.89 Å². The average molecular weight is 564 g/mol.